The molecule has 0 bridgehead atoms. The summed E-state index contributed by atoms with van der Waals surface area (Å²) >= 11 is 0. The molecule has 1 aromatic carbocycles. The summed E-state index contributed by atoms with van der Waals surface area (Å²) in [6.07, 6.45) is -9.82. The number of ether oxygens (including phenoxy) is 1. The highest BCUT2D eigenvalue weighted by Gasteiger charge is 2.39. The maximum atomic E-state index is 12.3. The van der Waals surface area contributed by atoms with Crippen molar-refractivity contribution >= 4 is 5.69 Å². The molecule has 4 N–H and O–H groups in total. The number of alkyl halides is 6. The number of nitrogens with two attached hydrogens (primary N) is 2. The Balaban J connectivity index is 3.09. The predicted molar refractivity (Wildman–Crippen MR) is 50.5 cm³/mol. The van der Waals surface area contributed by atoms with Gasteiger partial charge in [0.25, 0.3) is 0 Å². The molecule has 0 heterocycles. The van der Waals surface area contributed by atoms with Crippen LogP contribution in [0.25, 0.3) is 0 Å². The monoisotopic (exact) mass is 274 g/mol. The smallest absolute Gasteiger partial charge is 0.406 e. The van der Waals surface area contributed by atoms with E-state index in [4.69, 9.17) is 11.5 Å². The molecule has 1 rings (SSSR count). The summed E-state index contributed by atoms with van der Waals surface area (Å²) in [7, 11) is 0. The van der Waals surface area contributed by atoms with Crippen molar-refractivity contribution in [2.45, 2.75) is 18.6 Å². The van der Waals surface area contributed by atoms with Gasteiger partial charge in [-0.1, -0.05) is 0 Å². The first-order valence-corrected chi connectivity index (χ1v) is 4.48. The molecule has 1 aromatic rings. The van der Waals surface area contributed by atoms with Crippen LogP contribution in [0.15, 0.2) is 18.2 Å². The fraction of sp³-hybridized carbons (Fsp3) is 0.333. The molecule has 0 amide bonds. The summed E-state index contributed by atoms with van der Waals surface area (Å²) in [6.45, 7) is 0. The Bertz CT molecular complexity index is 428. The lowest BCUT2D eigenvalue weighted by Crippen LogP contribution is -2.29. The van der Waals surface area contributed by atoms with E-state index < -0.39 is 29.9 Å². The van der Waals surface area contributed by atoms with Gasteiger partial charge in [0.2, 0.25) is 0 Å². The van der Waals surface area contributed by atoms with Crippen molar-refractivity contribution in [3.05, 3.63) is 23.8 Å². The molecule has 0 aliphatic rings. The Morgan fingerprint density at radius 2 is 1.61 bits per heavy atom. The van der Waals surface area contributed by atoms with Crippen molar-refractivity contribution < 1.29 is 31.1 Å². The van der Waals surface area contributed by atoms with Crippen molar-refractivity contribution in [2.24, 2.45) is 5.73 Å². The molecular formula is C9H8F6N2O. The fourth-order valence-corrected chi connectivity index (χ4v) is 1.20. The zero-order valence-corrected chi connectivity index (χ0v) is 8.64. The quantitative estimate of drug-likeness (QED) is 0.644. The van der Waals surface area contributed by atoms with Gasteiger partial charge in [0.1, 0.15) is 11.8 Å². The number of rotatable bonds is 2. The average Bonchev–Trinajstić information content (AvgIpc) is 2.16. The molecule has 0 aromatic heterocycles. The molecule has 1 atom stereocenters. The van der Waals surface area contributed by atoms with Gasteiger partial charge in [0, 0.05) is 11.3 Å². The second kappa shape index (κ2) is 4.56. The van der Waals surface area contributed by atoms with Crippen LogP contribution in [0.4, 0.5) is 32.0 Å². The van der Waals surface area contributed by atoms with E-state index >= 15 is 0 Å². The van der Waals surface area contributed by atoms with Crippen LogP contribution in [0.1, 0.15) is 11.6 Å². The Morgan fingerprint density at radius 3 is 2.06 bits per heavy atom. The standard InChI is InChI=1S/C9H8F6N2O/c10-8(11,12)7(17)5-3-4(1-2-6(5)16)18-9(13,14)15/h1-3,7H,16-17H2/t7-/m0/s1. The third kappa shape index (κ3) is 3.69. The van der Waals surface area contributed by atoms with E-state index in [1.54, 1.807) is 0 Å². The maximum Gasteiger partial charge on any atom is 0.573 e. The number of anilines is 1. The van der Waals surface area contributed by atoms with Crippen LogP contribution in [0.3, 0.4) is 0 Å². The van der Waals surface area contributed by atoms with Crippen molar-refractivity contribution in [1.29, 1.82) is 0 Å². The maximum absolute atomic E-state index is 12.3. The molecule has 0 saturated carbocycles. The van der Waals surface area contributed by atoms with E-state index in [1.807, 2.05) is 0 Å². The number of nitrogen functional groups attached to an aromatic ring is 1. The average molecular weight is 274 g/mol. The van der Waals surface area contributed by atoms with Crippen molar-refractivity contribution in [1.82, 2.24) is 0 Å². The fourth-order valence-electron chi connectivity index (χ4n) is 1.20. The molecule has 0 saturated heterocycles. The molecule has 0 spiro atoms. The SMILES string of the molecule is Nc1ccc(OC(F)(F)F)cc1[C@H](N)C(F)(F)F. The predicted octanol–water partition coefficient (Wildman–Crippen LogP) is 2.73. The van der Waals surface area contributed by atoms with E-state index in [0.29, 0.717) is 6.07 Å². The lowest BCUT2D eigenvalue weighted by atomic mass is 10.0. The second-order valence-corrected chi connectivity index (χ2v) is 3.36. The highest BCUT2D eigenvalue weighted by molar-refractivity contribution is 5.52. The first kappa shape index (κ1) is 14.4. The highest BCUT2D eigenvalue weighted by Crippen LogP contribution is 2.36. The van der Waals surface area contributed by atoms with Crippen molar-refractivity contribution in [2.75, 3.05) is 5.73 Å². The van der Waals surface area contributed by atoms with Crippen LogP contribution in [-0.2, 0) is 0 Å². The van der Waals surface area contributed by atoms with Crippen LogP contribution in [0.5, 0.6) is 5.75 Å². The van der Waals surface area contributed by atoms with Gasteiger partial charge in [0.05, 0.1) is 0 Å². The number of benzene rings is 1. The van der Waals surface area contributed by atoms with E-state index in [9.17, 15) is 26.3 Å². The molecule has 3 nitrogen and oxygen atoms in total. The summed E-state index contributed by atoms with van der Waals surface area (Å²) in [5.74, 6) is -0.814. The normalized spacial score (nSPS) is 14.4. The van der Waals surface area contributed by atoms with Crippen LogP contribution < -0.4 is 16.2 Å². The van der Waals surface area contributed by atoms with E-state index in [-0.39, 0.29) is 5.69 Å². The van der Waals surface area contributed by atoms with Crippen LogP contribution in [0.2, 0.25) is 0 Å². The van der Waals surface area contributed by atoms with E-state index in [2.05, 4.69) is 4.74 Å². The Morgan fingerprint density at radius 1 is 1.06 bits per heavy atom. The first-order chi connectivity index (χ1) is 8.00. The van der Waals surface area contributed by atoms with Gasteiger partial charge in [-0.15, -0.1) is 13.2 Å². The summed E-state index contributed by atoms with van der Waals surface area (Å²) in [6, 6.07) is -0.299. The minimum atomic E-state index is -5.00. The van der Waals surface area contributed by atoms with Gasteiger partial charge in [-0.2, -0.15) is 13.2 Å². The third-order valence-corrected chi connectivity index (χ3v) is 1.98. The van der Waals surface area contributed by atoms with Crippen molar-refractivity contribution in [3.8, 4) is 5.75 Å². The summed E-state index contributed by atoms with van der Waals surface area (Å²) in [5, 5.41) is 0. The van der Waals surface area contributed by atoms with Gasteiger partial charge in [0.15, 0.2) is 0 Å². The molecule has 0 radical (unpaired) electrons. The molecule has 0 aliphatic carbocycles. The zero-order chi connectivity index (χ0) is 14.1. The van der Waals surface area contributed by atoms with Crippen molar-refractivity contribution in [3.63, 3.8) is 0 Å². The van der Waals surface area contributed by atoms with E-state index in [1.165, 1.54) is 0 Å². The zero-order valence-electron chi connectivity index (χ0n) is 8.64. The van der Waals surface area contributed by atoms with Gasteiger partial charge in [-0.25, -0.2) is 0 Å². The molecule has 9 heteroatoms. The Labute approximate surface area is 97.3 Å². The molecular weight excluding hydrogens is 266 g/mol. The van der Waals surface area contributed by atoms with Gasteiger partial charge in [-0.3, -0.25) is 0 Å². The Kier molecular flexibility index (Phi) is 3.65. The van der Waals surface area contributed by atoms with E-state index in [0.717, 1.165) is 12.1 Å². The molecule has 18 heavy (non-hydrogen) atoms. The third-order valence-electron chi connectivity index (χ3n) is 1.98. The first-order valence-electron chi connectivity index (χ1n) is 4.48. The van der Waals surface area contributed by atoms with Crippen LogP contribution >= 0.6 is 0 Å². The number of hydrogen-bond acceptors (Lipinski definition) is 3. The highest BCUT2D eigenvalue weighted by atomic mass is 19.4. The summed E-state index contributed by atoms with van der Waals surface area (Å²) < 4.78 is 76.2. The van der Waals surface area contributed by atoms with Gasteiger partial charge >= 0.3 is 12.5 Å². The lowest BCUT2D eigenvalue weighted by Gasteiger charge is -2.19. The summed E-state index contributed by atoms with van der Waals surface area (Å²) in [5.41, 5.74) is 9.05. The summed E-state index contributed by atoms with van der Waals surface area (Å²) in [4.78, 5) is 0. The lowest BCUT2D eigenvalue weighted by molar-refractivity contribution is -0.274. The number of hydrogen-bond donors (Lipinski definition) is 2. The van der Waals surface area contributed by atoms with Gasteiger partial charge in [-0.05, 0) is 18.2 Å². The van der Waals surface area contributed by atoms with Crippen LogP contribution in [-0.4, -0.2) is 12.5 Å². The molecule has 0 fully saturated rings. The number of halogens is 6. The minimum absolute atomic E-state index is 0.366. The topological polar surface area (TPSA) is 61.3 Å². The Hall–Kier alpha value is -1.64. The van der Waals surface area contributed by atoms with Gasteiger partial charge < -0.3 is 16.2 Å². The largest absolute Gasteiger partial charge is 0.573 e. The van der Waals surface area contributed by atoms with Crippen LogP contribution in [0, 0.1) is 0 Å². The second-order valence-electron chi connectivity index (χ2n) is 3.36. The molecule has 0 unspecified atom stereocenters. The minimum Gasteiger partial charge on any atom is -0.406 e. The molecule has 0 aliphatic heterocycles. The molecule has 102 valence electrons.